The molecule has 0 spiro atoms. The lowest BCUT2D eigenvalue weighted by Crippen LogP contribution is -2.49. The number of nitrogens with zero attached hydrogens (tertiary/aromatic N) is 2. The van der Waals surface area contributed by atoms with Crippen LogP contribution in [0.25, 0.3) is 0 Å². The molecular formula is C14H14ClN3O4S2. The van der Waals surface area contributed by atoms with Crippen LogP contribution < -0.4 is 5.32 Å². The van der Waals surface area contributed by atoms with Gasteiger partial charge in [0.15, 0.2) is 0 Å². The van der Waals surface area contributed by atoms with E-state index < -0.39 is 15.3 Å². The summed E-state index contributed by atoms with van der Waals surface area (Å²) in [7, 11) is -3.70. The third kappa shape index (κ3) is 3.59. The van der Waals surface area contributed by atoms with E-state index in [0.717, 1.165) is 11.5 Å². The minimum Gasteiger partial charge on any atom is -0.379 e. The van der Waals surface area contributed by atoms with E-state index in [-0.39, 0.29) is 21.9 Å². The number of carbonyl (C=O) groups is 1. The summed E-state index contributed by atoms with van der Waals surface area (Å²) in [6.45, 7) is 2.43. The van der Waals surface area contributed by atoms with E-state index in [4.69, 9.17) is 16.3 Å². The van der Waals surface area contributed by atoms with Gasteiger partial charge < -0.3 is 10.1 Å². The second kappa shape index (κ2) is 6.40. The normalized spacial score (nSPS) is 16.4. The minimum absolute atomic E-state index is 0.155. The number of aromatic nitrogens is 2. The molecule has 24 heavy (non-hydrogen) atoms. The monoisotopic (exact) mass is 387 g/mol. The highest BCUT2D eigenvalue weighted by Crippen LogP contribution is 2.29. The molecule has 2 heterocycles. The molecule has 1 fully saturated rings. The third-order valence-corrected chi connectivity index (χ3v) is 6.02. The fraction of sp³-hybridized carbons (Fsp3) is 0.357. The first kappa shape index (κ1) is 17.3. The Hall–Kier alpha value is -1.55. The van der Waals surface area contributed by atoms with Gasteiger partial charge in [0.05, 0.1) is 24.4 Å². The number of carbonyl (C=O) groups excluding carboxylic acids is 1. The SMILES string of the molecule is CC1(C(=O)Nc2nc(S(=O)(=O)Cc3ccc(Cl)cc3)ns2)COC1. The fourth-order valence-corrected chi connectivity index (χ4v) is 4.25. The maximum atomic E-state index is 12.4. The van der Waals surface area contributed by atoms with Gasteiger partial charge in [0, 0.05) is 16.6 Å². The number of benzene rings is 1. The molecule has 1 aliphatic heterocycles. The number of anilines is 1. The largest absolute Gasteiger partial charge is 0.379 e. The molecule has 0 aliphatic carbocycles. The number of sulfone groups is 1. The summed E-state index contributed by atoms with van der Waals surface area (Å²) >= 11 is 6.62. The molecule has 1 aromatic heterocycles. The van der Waals surface area contributed by atoms with Crippen molar-refractivity contribution in [1.82, 2.24) is 9.36 Å². The van der Waals surface area contributed by atoms with Crippen LogP contribution in [0.2, 0.25) is 5.02 Å². The molecule has 7 nitrogen and oxygen atoms in total. The fourth-order valence-electron chi connectivity index (χ4n) is 2.04. The number of ether oxygens (including phenoxy) is 1. The molecule has 128 valence electrons. The molecule has 0 unspecified atom stereocenters. The van der Waals surface area contributed by atoms with Gasteiger partial charge in [-0.05, 0) is 24.6 Å². The van der Waals surface area contributed by atoms with E-state index >= 15 is 0 Å². The summed E-state index contributed by atoms with van der Waals surface area (Å²) in [6.07, 6.45) is 0. The molecule has 1 N–H and O–H groups in total. The Morgan fingerprint density at radius 1 is 1.38 bits per heavy atom. The van der Waals surface area contributed by atoms with E-state index in [9.17, 15) is 13.2 Å². The predicted molar refractivity (Wildman–Crippen MR) is 89.8 cm³/mol. The Morgan fingerprint density at radius 3 is 2.62 bits per heavy atom. The summed E-state index contributed by atoms with van der Waals surface area (Å²) in [4.78, 5) is 16.0. The Morgan fingerprint density at radius 2 is 2.04 bits per heavy atom. The first-order valence-electron chi connectivity index (χ1n) is 6.99. The molecule has 1 saturated heterocycles. The van der Waals surface area contributed by atoms with Crippen molar-refractivity contribution in [3.05, 3.63) is 34.9 Å². The number of rotatable bonds is 5. The molecule has 1 aromatic carbocycles. The van der Waals surface area contributed by atoms with E-state index in [1.165, 1.54) is 0 Å². The maximum absolute atomic E-state index is 12.4. The molecule has 10 heteroatoms. The molecule has 0 bridgehead atoms. The van der Waals surface area contributed by atoms with Crippen LogP contribution in [0.15, 0.2) is 29.4 Å². The molecule has 0 saturated carbocycles. The molecule has 0 atom stereocenters. The lowest BCUT2D eigenvalue weighted by Gasteiger charge is -2.35. The highest BCUT2D eigenvalue weighted by molar-refractivity contribution is 7.90. The van der Waals surface area contributed by atoms with Crippen molar-refractivity contribution >= 4 is 44.0 Å². The van der Waals surface area contributed by atoms with Gasteiger partial charge in [-0.3, -0.25) is 4.79 Å². The van der Waals surface area contributed by atoms with Crippen LogP contribution in [0.4, 0.5) is 5.13 Å². The van der Waals surface area contributed by atoms with Crippen LogP contribution in [-0.4, -0.2) is 36.9 Å². The van der Waals surface area contributed by atoms with E-state index in [0.29, 0.717) is 23.8 Å². The van der Waals surface area contributed by atoms with E-state index in [1.807, 2.05) is 0 Å². The van der Waals surface area contributed by atoms with Crippen molar-refractivity contribution in [2.75, 3.05) is 18.5 Å². The standard InChI is InChI=1S/C14H14ClN3O4S2/c1-14(7-22-8-14)11(19)16-12-17-13(18-23-12)24(20,21)6-9-2-4-10(15)5-3-9/h2-5H,6-8H2,1H3,(H,16,17,18,19). The summed E-state index contributed by atoms with van der Waals surface area (Å²) in [5.41, 5.74) is -0.0208. The third-order valence-electron chi connectivity index (χ3n) is 3.57. The topological polar surface area (TPSA) is 98.2 Å². The zero-order valence-corrected chi connectivity index (χ0v) is 15.0. The highest BCUT2D eigenvalue weighted by Gasteiger charge is 2.41. The second-order valence-corrected chi connectivity index (χ2v) is 8.85. The quantitative estimate of drug-likeness (QED) is 0.843. The van der Waals surface area contributed by atoms with Crippen molar-refractivity contribution < 1.29 is 17.9 Å². The lowest BCUT2D eigenvalue weighted by atomic mass is 9.88. The average molecular weight is 388 g/mol. The van der Waals surface area contributed by atoms with Crippen molar-refractivity contribution in [1.29, 1.82) is 0 Å². The van der Waals surface area contributed by atoms with Crippen molar-refractivity contribution in [3.63, 3.8) is 0 Å². The van der Waals surface area contributed by atoms with Crippen LogP contribution in [0.3, 0.4) is 0 Å². The zero-order valence-electron chi connectivity index (χ0n) is 12.7. The van der Waals surface area contributed by atoms with Crippen LogP contribution in [-0.2, 0) is 25.1 Å². The highest BCUT2D eigenvalue weighted by atomic mass is 35.5. The van der Waals surface area contributed by atoms with Crippen LogP contribution in [0.1, 0.15) is 12.5 Å². The van der Waals surface area contributed by atoms with Gasteiger partial charge in [0.2, 0.25) is 20.9 Å². The molecule has 0 radical (unpaired) electrons. The number of hydrogen-bond donors (Lipinski definition) is 1. The minimum atomic E-state index is -3.70. The number of amides is 1. The molecule has 2 aromatic rings. The van der Waals surface area contributed by atoms with Crippen LogP contribution >= 0.6 is 23.1 Å². The summed E-state index contributed by atoms with van der Waals surface area (Å²) in [6, 6.07) is 6.50. The van der Waals surface area contributed by atoms with E-state index in [1.54, 1.807) is 31.2 Å². The van der Waals surface area contributed by atoms with Gasteiger partial charge >= 0.3 is 0 Å². The van der Waals surface area contributed by atoms with Gasteiger partial charge in [0.25, 0.3) is 5.16 Å². The van der Waals surface area contributed by atoms with Gasteiger partial charge in [-0.25, -0.2) is 8.42 Å². The van der Waals surface area contributed by atoms with Gasteiger partial charge in [-0.2, -0.15) is 9.36 Å². The first-order chi connectivity index (χ1) is 11.3. The number of nitrogens with one attached hydrogen (secondary N) is 1. The van der Waals surface area contributed by atoms with E-state index in [2.05, 4.69) is 14.7 Å². The first-order valence-corrected chi connectivity index (χ1v) is 9.79. The Bertz CT molecular complexity index is 860. The average Bonchev–Trinajstić information content (AvgIpc) is 2.96. The molecule has 1 aliphatic rings. The summed E-state index contributed by atoms with van der Waals surface area (Å²) < 4.78 is 33.6. The van der Waals surface area contributed by atoms with Gasteiger partial charge in [0.1, 0.15) is 0 Å². The Balaban J connectivity index is 1.71. The molecular weight excluding hydrogens is 374 g/mol. The summed E-state index contributed by atoms with van der Waals surface area (Å²) in [5, 5.41) is 2.98. The molecule has 3 rings (SSSR count). The Labute approximate surface area is 148 Å². The second-order valence-electron chi connectivity index (χ2n) is 5.78. The predicted octanol–water partition coefficient (Wildman–Crippen LogP) is 2.14. The maximum Gasteiger partial charge on any atom is 0.261 e. The van der Waals surface area contributed by atoms with Gasteiger partial charge in [-0.1, -0.05) is 23.7 Å². The van der Waals surface area contributed by atoms with Crippen LogP contribution in [0.5, 0.6) is 0 Å². The Kier molecular flexibility index (Phi) is 4.60. The van der Waals surface area contributed by atoms with Crippen LogP contribution in [0, 0.1) is 5.41 Å². The number of hydrogen-bond acceptors (Lipinski definition) is 7. The summed E-state index contributed by atoms with van der Waals surface area (Å²) in [5.74, 6) is -0.494. The molecule has 1 amide bonds. The number of halogens is 1. The zero-order chi connectivity index (χ0) is 17.4. The lowest BCUT2D eigenvalue weighted by molar-refractivity contribution is -0.151. The smallest absolute Gasteiger partial charge is 0.261 e. The van der Waals surface area contributed by atoms with Crippen molar-refractivity contribution in [2.45, 2.75) is 17.8 Å². The van der Waals surface area contributed by atoms with Crippen molar-refractivity contribution in [3.8, 4) is 0 Å². The van der Waals surface area contributed by atoms with Gasteiger partial charge in [-0.15, -0.1) is 0 Å². The van der Waals surface area contributed by atoms with Crippen molar-refractivity contribution in [2.24, 2.45) is 5.41 Å².